The Morgan fingerprint density at radius 2 is 2.00 bits per heavy atom. The molecule has 0 aliphatic carbocycles. The summed E-state index contributed by atoms with van der Waals surface area (Å²) in [4.78, 5) is 49.8. The highest BCUT2D eigenvalue weighted by Gasteiger charge is 2.21. The van der Waals surface area contributed by atoms with E-state index in [2.05, 4.69) is 20.3 Å². The normalized spacial score (nSPS) is 11.4. The Hall–Kier alpha value is -3.53. The number of pyridine rings is 1. The molecule has 0 saturated carbocycles. The number of fused-ring (bicyclic) bond motifs is 2. The molecule has 4 aromatic rings. The van der Waals surface area contributed by atoms with Crippen LogP contribution in [-0.4, -0.2) is 32.0 Å². The van der Waals surface area contributed by atoms with Crippen molar-refractivity contribution in [2.45, 2.75) is 46.6 Å². The zero-order valence-corrected chi connectivity index (χ0v) is 19.7. The molecule has 0 aliphatic rings. The van der Waals surface area contributed by atoms with E-state index in [1.54, 1.807) is 6.07 Å². The number of hydrogen-bond donors (Lipinski definition) is 2. The van der Waals surface area contributed by atoms with E-state index in [9.17, 15) is 14.4 Å². The average molecular weight is 468 g/mol. The van der Waals surface area contributed by atoms with E-state index in [1.165, 1.54) is 15.9 Å². The van der Waals surface area contributed by atoms with E-state index in [4.69, 9.17) is 4.74 Å². The molecule has 33 heavy (non-hydrogen) atoms. The molecule has 0 atom stereocenters. The van der Waals surface area contributed by atoms with Crippen LogP contribution in [0.1, 0.15) is 56.1 Å². The second-order valence-electron chi connectivity index (χ2n) is 7.89. The third-order valence-electron chi connectivity index (χ3n) is 5.14. The summed E-state index contributed by atoms with van der Waals surface area (Å²) < 4.78 is 7.81. The van der Waals surface area contributed by atoms with Crippen LogP contribution in [0.4, 0.5) is 5.13 Å². The molecule has 3 aromatic heterocycles. The molecule has 0 radical (unpaired) electrons. The first-order valence-electron chi connectivity index (χ1n) is 10.8. The Kier molecular flexibility index (Phi) is 6.28. The number of ether oxygens (including phenoxy) is 1. The average Bonchev–Trinajstić information content (AvgIpc) is 3.17. The zero-order valence-electron chi connectivity index (χ0n) is 18.9. The van der Waals surface area contributed by atoms with Gasteiger partial charge >= 0.3 is 5.69 Å². The second kappa shape index (κ2) is 9.14. The number of carbonyl (C=O) groups is 1. The van der Waals surface area contributed by atoms with Crippen LogP contribution in [-0.2, 0) is 6.54 Å². The highest BCUT2D eigenvalue weighted by atomic mass is 32.1. The van der Waals surface area contributed by atoms with Gasteiger partial charge in [-0.25, -0.2) is 14.8 Å². The van der Waals surface area contributed by atoms with Crippen molar-refractivity contribution in [3.05, 3.63) is 56.4 Å². The minimum Gasteiger partial charge on any atom is -0.494 e. The third kappa shape index (κ3) is 4.38. The summed E-state index contributed by atoms with van der Waals surface area (Å²) in [6, 6.07) is 7.15. The number of anilines is 1. The van der Waals surface area contributed by atoms with E-state index in [0.717, 1.165) is 16.0 Å². The molecule has 0 fully saturated rings. The lowest BCUT2D eigenvalue weighted by atomic mass is 10.0. The topological polar surface area (TPSA) is 119 Å². The van der Waals surface area contributed by atoms with Gasteiger partial charge in [0.05, 0.1) is 27.8 Å². The molecule has 0 unspecified atom stereocenters. The standard InChI is InChI=1S/C23H25N5O4S/c1-5-9-28-19-18(21(30)27-23(28)31)14(11-16(24-19)12(3)4)20(29)26-22-25-15-8-7-13(32-6-2)10-17(15)33-22/h7-8,10-12H,5-6,9H2,1-4H3,(H,25,26,29)(H,27,30,31). The van der Waals surface area contributed by atoms with Gasteiger partial charge in [0.15, 0.2) is 10.8 Å². The number of aromatic nitrogens is 4. The number of thiazole rings is 1. The van der Waals surface area contributed by atoms with E-state index >= 15 is 0 Å². The fourth-order valence-corrected chi connectivity index (χ4v) is 4.47. The molecule has 0 bridgehead atoms. The largest absolute Gasteiger partial charge is 0.494 e. The number of nitrogens with one attached hydrogen (secondary N) is 2. The van der Waals surface area contributed by atoms with Crippen LogP contribution in [0.2, 0.25) is 0 Å². The summed E-state index contributed by atoms with van der Waals surface area (Å²) in [5.74, 6) is 0.235. The minimum atomic E-state index is -0.638. The summed E-state index contributed by atoms with van der Waals surface area (Å²) >= 11 is 1.31. The van der Waals surface area contributed by atoms with Gasteiger partial charge in [-0.15, -0.1) is 0 Å². The molecule has 3 heterocycles. The Morgan fingerprint density at radius 1 is 1.21 bits per heavy atom. The number of aromatic amines is 1. The van der Waals surface area contributed by atoms with E-state index in [0.29, 0.717) is 30.4 Å². The van der Waals surface area contributed by atoms with Crippen molar-refractivity contribution >= 4 is 43.6 Å². The molecule has 172 valence electrons. The van der Waals surface area contributed by atoms with Gasteiger partial charge in [0.2, 0.25) is 0 Å². The monoisotopic (exact) mass is 467 g/mol. The van der Waals surface area contributed by atoms with Gasteiger partial charge in [0.25, 0.3) is 11.5 Å². The van der Waals surface area contributed by atoms with Crippen LogP contribution in [0.25, 0.3) is 21.3 Å². The first-order chi connectivity index (χ1) is 15.8. The van der Waals surface area contributed by atoms with Crippen LogP contribution >= 0.6 is 11.3 Å². The SMILES string of the molecule is CCCn1c(=O)[nH]c(=O)c2c(C(=O)Nc3nc4ccc(OCC)cc4s3)cc(C(C)C)nc21. The molecule has 0 saturated heterocycles. The lowest BCUT2D eigenvalue weighted by Crippen LogP contribution is -2.32. The van der Waals surface area contributed by atoms with Crippen LogP contribution in [0, 0.1) is 0 Å². The van der Waals surface area contributed by atoms with Gasteiger partial charge in [0, 0.05) is 12.2 Å². The molecule has 0 spiro atoms. The van der Waals surface area contributed by atoms with Crippen LogP contribution in [0.5, 0.6) is 5.75 Å². The predicted molar refractivity (Wildman–Crippen MR) is 130 cm³/mol. The number of H-pyrrole nitrogens is 1. The van der Waals surface area contributed by atoms with Gasteiger partial charge in [-0.1, -0.05) is 32.1 Å². The van der Waals surface area contributed by atoms with Crippen molar-refractivity contribution < 1.29 is 9.53 Å². The van der Waals surface area contributed by atoms with Crippen molar-refractivity contribution in [1.29, 1.82) is 0 Å². The molecule has 0 aliphatic heterocycles. The van der Waals surface area contributed by atoms with Gasteiger partial charge in [0.1, 0.15) is 5.75 Å². The third-order valence-corrected chi connectivity index (χ3v) is 6.08. The van der Waals surface area contributed by atoms with Crippen molar-refractivity contribution in [2.75, 3.05) is 11.9 Å². The summed E-state index contributed by atoms with van der Waals surface area (Å²) in [6.07, 6.45) is 0.672. The van der Waals surface area contributed by atoms with Crippen molar-refractivity contribution in [2.24, 2.45) is 0 Å². The molecule has 9 nitrogen and oxygen atoms in total. The number of nitrogens with zero attached hydrogens (tertiary/aromatic N) is 3. The molecular formula is C23H25N5O4S. The van der Waals surface area contributed by atoms with Crippen molar-refractivity contribution in [3.8, 4) is 5.75 Å². The summed E-state index contributed by atoms with van der Waals surface area (Å²) in [5, 5.41) is 3.30. The van der Waals surface area contributed by atoms with Crippen LogP contribution < -0.4 is 21.3 Å². The molecule has 10 heteroatoms. The molecule has 1 amide bonds. The summed E-state index contributed by atoms with van der Waals surface area (Å²) in [6.45, 7) is 8.65. The molecule has 1 aromatic carbocycles. The van der Waals surface area contributed by atoms with Gasteiger partial charge < -0.3 is 4.74 Å². The Labute approximate surface area is 193 Å². The van der Waals surface area contributed by atoms with E-state index < -0.39 is 17.2 Å². The maximum Gasteiger partial charge on any atom is 0.329 e. The lowest BCUT2D eigenvalue weighted by molar-refractivity contribution is 0.102. The lowest BCUT2D eigenvalue weighted by Gasteiger charge is -2.14. The number of benzene rings is 1. The summed E-state index contributed by atoms with van der Waals surface area (Å²) in [7, 11) is 0. The summed E-state index contributed by atoms with van der Waals surface area (Å²) in [5.41, 5.74) is 0.548. The maximum absolute atomic E-state index is 13.3. The van der Waals surface area contributed by atoms with E-state index in [1.807, 2.05) is 45.9 Å². The van der Waals surface area contributed by atoms with Gasteiger partial charge in [-0.05, 0) is 43.5 Å². The maximum atomic E-state index is 13.3. The van der Waals surface area contributed by atoms with Crippen molar-refractivity contribution in [3.63, 3.8) is 0 Å². The molecule has 4 rings (SSSR count). The Balaban J connectivity index is 1.82. The number of carbonyl (C=O) groups excluding carboxylic acids is 1. The van der Waals surface area contributed by atoms with E-state index in [-0.39, 0.29) is 22.5 Å². The highest BCUT2D eigenvalue weighted by molar-refractivity contribution is 7.22. The van der Waals surface area contributed by atoms with Crippen molar-refractivity contribution in [1.82, 2.24) is 19.5 Å². The van der Waals surface area contributed by atoms with Crippen LogP contribution in [0.15, 0.2) is 33.9 Å². The Bertz CT molecular complexity index is 1470. The number of hydrogen-bond acceptors (Lipinski definition) is 7. The quantitative estimate of drug-likeness (QED) is 0.426. The molecular weight excluding hydrogens is 442 g/mol. The zero-order chi connectivity index (χ0) is 23.7. The fourth-order valence-electron chi connectivity index (χ4n) is 3.58. The first kappa shape index (κ1) is 22.7. The smallest absolute Gasteiger partial charge is 0.329 e. The fraction of sp³-hybridized carbons (Fsp3) is 0.348. The van der Waals surface area contributed by atoms with Crippen LogP contribution in [0.3, 0.4) is 0 Å². The molecule has 2 N–H and O–H groups in total. The van der Waals surface area contributed by atoms with Gasteiger partial charge in [-0.2, -0.15) is 0 Å². The number of amides is 1. The second-order valence-corrected chi connectivity index (χ2v) is 8.93. The first-order valence-corrected chi connectivity index (χ1v) is 11.7. The number of aryl methyl sites for hydroxylation is 1. The Morgan fingerprint density at radius 3 is 2.70 bits per heavy atom. The van der Waals surface area contributed by atoms with Gasteiger partial charge in [-0.3, -0.25) is 24.5 Å². The number of rotatable bonds is 7. The highest BCUT2D eigenvalue weighted by Crippen LogP contribution is 2.30. The predicted octanol–water partition coefficient (Wildman–Crippen LogP) is 3.88. The minimum absolute atomic E-state index is 0.00939.